The average molecular weight is 269 g/mol. The molecule has 0 bridgehead atoms. The lowest BCUT2D eigenvalue weighted by atomic mass is 10.1. The van der Waals surface area contributed by atoms with Crippen LogP contribution >= 0.6 is 0 Å². The summed E-state index contributed by atoms with van der Waals surface area (Å²) in [7, 11) is 0. The molecule has 0 aliphatic heterocycles. The fraction of sp³-hybridized carbons (Fsp3) is 0.133. The van der Waals surface area contributed by atoms with E-state index in [9.17, 15) is 9.90 Å². The predicted molar refractivity (Wildman–Crippen MR) is 76.9 cm³/mol. The number of aromatic nitrogens is 1. The highest BCUT2D eigenvalue weighted by Gasteiger charge is 2.05. The molecule has 2 N–H and O–H groups in total. The smallest absolute Gasteiger partial charge is 0.271 e. The van der Waals surface area contributed by atoms with Gasteiger partial charge in [0.25, 0.3) is 5.91 Å². The van der Waals surface area contributed by atoms with Gasteiger partial charge in [-0.15, -0.1) is 0 Å². The van der Waals surface area contributed by atoms with Crippen molar-refractivity contribution in [3.63, 3.8) is 0 Å². The van der Waals surface area contributed by atoms with E-state index >= 15 is 0 Å². The van der Waals surface area contributed by atoms with Gasteiger partial charge in [-0.2, -0.15) is 5.10 Å². The van der Waals surface area contributed by atoms with E-state index < -0.39 is 0 Å². The lowest BCUT2D eigenvalue weighted by Crippen LogP contribution is -2.17. The summed E-state index contributed by atoms with van der Waals surface area (Å²) in [5.74, 6) is -0.0629. The Morgan fingerprint density at radius 3 is 2.65 bits per heavy atom. The van der Waals surface area contributed by atoms with Gasteiger partial charge in [0, 0.05) is 23.5 Å². The average Bonchev–Trinajstić information content (AvgIpc) is 2.48. The molecule has 5 heteroatoms. The molecule has 0 aliphatic carbocycles. The fourth-order valence-corrected chi connectivity index (χ4v) is 1.72. The quantitative estimate of drug-likeness (QED) is 0.662. The highest BCUT2D eigenvalue weighted by atomic mass is 16.3. The Balaban J connectivity index is 2.08. The van der Waals surface area contributed by atoms with E-state index in [-0.39, 0.29) is 11.7 Å². The van der Waals surface area contributed by atoms with Crippen LogP contribution in [0.2, 0.25) is 0 Å². The van der Waals surface area contributed by atoms with Crippen LogP contribution in [0.5, 0.6) is 5.75 Å². The topological polar surface area (TPSA) is 74.6 Å². The molecule has 1 heterocycles. The second kappa shape index (κ2) is 5.97. The van der Waals surface area contributed by atoms with Crippen LogP contribution in [0, 0.1) is 13.8 Å². The molecular weight excluding hydrogens is 254 g/mol. The van der Waals surface area contributed by atoms with Gasteiger partial charge in [-0.1, -0.05) is 12.1 Å². The van der Waals surface area contributed by atoms with Gasteiger partial charge in [-0.25, -0.2) is 5.43 Å². The van der Waals surface area contributed by atoms with Gasteiger partial charge in [0.15, 0.2) is 0 Å². The minimum atomic E-state index is -0.308. The summed E-state index contributed by atoms with van der Waals surface area (Å²) < 4.78 is 0. The molecule has 0 fully saturated rings. The third-order valence-corrected chi connectivity index (χ3v) is 2.99. The maximum absolute atomic E-state index is 11.7. The zero-order valence-corrected chi connectivity index (χ0v) is 11.3. The summed E-state index contributed by atoms with van der Waals surface area (Å²) in [6, 6.07) is 6.85. The molecule has 0 spiro atoms. The van der Waals surface area contributed by atoms with Crippen LogP contribution in [0.4, 0.5) is 0 Å². The maximum atomic E-state index is 11.7. The van der Waals surface area contributed by atoms with Crippen molar-refractivity contribution in [3.8, 4) is 5.75 Å². The van der Waals surface area contributed by atoms with Crippen molar-refractivity contribution in [2.75, 3.05) is 0 Å². The van der Waals surface area contributed by atoms with E-state index in [0.29, 0.717) is 5.56 Å². The molecule has 2 rings (SSSR count). The molecule has 0 unspecified atom stereocenters. The summed E-state index contributed by atoms with van der Waals surface area (Å²) in [6.45, 7) is 3.63. The van der Waals surface area contributed by atoms with Gasteiger partial charge in [0.2, 0.25) is 0 Å². The van der Waals surface area contributed by atoms with Crippen molar-refractivity contribution >= 4 is 12.1 Å². The molecule has 0 aliphatic rings. The number of phenols is 1. The van der Waals surface area contributed by atoms with E-state index in [1.165, 1.54) is 6.21 Å². The number of nitrogens with one attached hydrogen (secondary N) is 1. The first-order chi connectivity index (χ1) is 9.59. The van der Waals surface area contributed by atoms with Gasteiger partial charge in [-0.3, -0.25) is 9.78 Å². The number of carbonyl (C=O) groups is 1. The number of pyridine rings is 1. The normalized spacial score (nSPS) is 10.7. The van der Waals surface area contributed by atoms with Crippen LogP contribution < -0.4 is 5.43 Å². The van der Waals surface area contributed by atoms with Gasteiger partial charge in [0.05, 0.1) is 6.21 Å². The first-order valence-corrected chi connectivity index (χ1v) is 6.12. The molecule has 1 amide bonds. The minimum Gasteiger partial charge on any atom is -0.507 e. The maximum Gasteiger partial charge on any atom is 0.271 e. The third-order valence-electron chi connectivity index (χ3n) is 2.99. The van der Waals surface area contributed by atoms with Crippen molar-refractivity contribution in [2.45, 2.75) is 13.8 Å². The lowest BCUT2D eigenvalue weighted by Gasteiger charge is -2.05. The van der Waals surface area contributed by atoms with Crippen molar-refractivity contribution in [1.29, 1.82) is 0 Å². The Labute approximate surface area is 117 Å². The Hall–Kier alpha value is -2.69. The number of rotatable bonds is 3. The molecule has 1 aromatic carbocycles. The van der Waals surface area contributed by atoms with Gasteiger partial charge in [0.1, 0.15) is 5.75 Å². The van der Waals surface area contributed by atoms with Crippen molar-refractivity contribution in [2.24, 2.45) is 5.10 Å². The van der Waals surface area contributed by atoms with E-state index in [0.717, 1.165) is 16.7 Å². The Morgan fingerprint density at radius 1 is 1.25 bits per heavy atom. The number of hydrogen-bond donors (Lipinski definition) is 2. The SMILES string of the molecule is Cc1ccc(/C=N\NC(=O)c2ccncc2)c(C)c1O. The van der Waals surface area contributed by atoms with Crippen LogP contribution in [-0.2, 0) is 0 Å². The number of phenolic OH excluding ortho intramolecular Hbond substituents is 1. The number of carbonyl (C=O) groups excluding carboxylic acids is 1. The number of amides is 1. The minimum absolute atomic E-state index is 0.245. The molecule has 5 nitrogen and oxygen atoms in total. The number of aryl methyl sites for hydroxylation is 1. The van der Waals surface area contributed by atoms with Crippen LogP contribution in [0.25, 0.3) is 0 Å². The van der Waals surface area contributed by atoms with Crippen molar-refractivity contribution in [1.82, 2.24) is 10.4 Å². The third kappa shape index (κ3) is 3.00. The Morgan fingerprint density at radius 2 is 1.95 bits per heavy atom. The van der Waals surface area contributed by atoms with Gasteiger partial charge in [-0.05, 0) is 37.1 Å². The van der Waals surface area contributed by atoms with Crippen LogP contribution in [0.1, 0.15) is 27.0 Å². The molecule has 0 saturated heterocycles. The standard InChI is InChI=1S/C15H15N3O2/c1-10-3-4-13(11(2)14(10)19)9-17-18-15(20)12-5-7-16-8-6-12/h3-9,19H,1-2H3,(H,18,20)/b17-9-. The van der Waals surface area contributed by atoms with E-state index in [1.54, 1.807) is 37.5 Å². The Kier molecular flexibility index (Phi) is 4.10. The van der Waals surface area contributed by atoms with Crippen LogP contribution in [-0.4, -0.2) is 22.2 Å². The largest absolute Gasteiger partial charge is 0.507 e. The summed E-state index contributed by atoms with van der Waals surface area (Å²) in [4.78, 5) is 15.6. The molecule has 102 valence electrons. The second-order valence-corrected chi connectivity index (χ2v) is 4.38. The highest BCUT2D eigenvalue weighted by molar-refractivity contribution is 5.94. The number of benzene rings is 1. The second-order valence-electron chi connectivity index (χ2n) is 4.38. The van der Waals surface area contributed by atoms with E-state index in [1.807, 2.05) is 13.0 Å². The monoisotopic (exact) mass is 269 g/mol. The lowest BCUT2D eigenvalue weighted by molar-refractivity contribution is 0.0955. The molecule has 0 saturated carbocycles. The summed E-state index contributed by atoms with van der Waals surface area (Å²) in [6.07, 6.45) is 4.59. The van der Waals surface area contributed by atoms with Gasteiger partial charge < -0.3 is 5.11 Å². The number of aromatic hydroxyl groups is 1. The van der Waals surface area contributed by atoms with Crippen LogP contribution in [0.3, 0.4) is 0 Å². The summed E-state index contributed by atoms with van der Waals surface area (Å²) >= 11 is 0. The first kappa shape index (κ1) is 13.7. The molecule has 0 atom stereocenters. The summed E-state index contributed by atoms with van der Waals surface area (Å²) in [5, 5.41) is 13.7. The zero-order chi connectivity index (χ0) is 14.5. The fourth-order valence-electron chi connectivity index (χ4n) is 1.72. The van der Waals surface area contributed by atoms with E-state index in [4.69, 9.17) is 0 Å². The summed E-state index contributed by atoms with van der Waals surface area (Å²) in [5.41, 5.74) is 5.20. The number of hydrazone groups is 1. The number of nitrogens with zero attached hydrogens (tertiary/aromatic N) is 2. The van der Waals surface area contributed by atoms with Crippen molar-refractivity contribution < 1.29 is 9.90 Å². The predicted octanol–water partition coefficient (Wildman–Crippen LogP) is 2.17. The molecule has 20 heavy (non-hydrogen) atoms. The Bertz CT molecular complexity index is 652. The highest BCUT2D eigenvalue weighted by Crippen LogP contribution is 2.23. The number of hydrogen-bond acceptors (Lipinski definition) is 4. The van der Waals surface area contributed by atoms with E-state index in [2.05, 4.69) is 15.5 Å². The first-order valence-electron chi connectivity index (χ1n) is 6.12. The van der Waals surface area contributed by atoms with Gasteiger partial charge >= 0.3 is 0 Å². The molecular formula is C15H15N3O2. The zero-order valence-electron chi connectivity index (χ0n) is 11.3. The molecule has 1 aromatic heterocycles. The molecule has 2 aromatic rings. The van der Waals surface area contributed by atoms with Crippen molar-refractivity contribution in [3.05, 3.63) is 58.9 Å². The van der Waals surface area contributed by atoms with Crippen LogP contribution in [0.15, 0.2) is 41.8 Å². The molecule has 0 radical (unpaired) electrons.